The van der Waals surface area contributed by atoms with Crippen LogP contribution in [0.1, 0.15) is 64.7 Å². The second kappa shape index (κ2) is 17.8. The Morgan fingerprint density at radius 3 is 1.89 bits per heavy atom. The number of hydrogen-bond acceptors (Lipinski definition) is 3. The third-order valence-corrected chi connectivity index (χ3v) is 2.91. The van der Waals surface area contributed by atoms with E-state index in [0.717, 1.165) is 6.42 Å². The van der Waals surface area contributed by atoms with Gasteiger partial charge < -0.3 is 14.9 Å². The summed E-state index contributed by atoms with van der Waals surface area (Å²) in [6.45, 7) is 2.99. The maximum atomic E-state index is 9.03. The summed E-state index contributed by atoms with van der Waals surface area (Å²) in [5, 5.41) is 17.6. The Balaban J connectivity index is 0. The molecule has 0 saturated carbocycles. The Kier molecular flexibility index (Phi) is 20.9. The van der Waals surface area contributed by atoms with Crippen molar-refractivity contribution in [3.63, 3.8) is 0 Å². The van der Waals surface area contributed by atoms with Crippen molar-refractivity contribution in [1.82, 2.24) is 0 Å². The van der Waals surface area contributed by atoms with Gasteiger partial charge in [0.05, 0.1) is 13.2 Å². The first-order chi connectivity index (χ1) is 8.31. The molecule has 0 aromatic heterocycles. The van der Waals surface area contributed by atoms with Gasteiger partial charge in [0.1, 0.15) is 6.10 Å². The van der Waals surface area contributed by atoms with Crippen LogP contribution in [-0.4, -0.2) is 63.4 Å². The summed E-state index contributed by atoms with van der Waals surface area (Å²) < 4.78 is 5.24. The van der Waals surface area contributed by atoms with Crippen LogP contribution in [0, 0.1) is 0 Å². The molecule has 0 aliphatic carbocycles. The van der Waals surface area contributed by atoms with Crippen molar-refractivity contribution < 1.29 is 14.9 Å². The van der Waals surface area contributed by atoms with Gasteiger partial charge in [-0.2, -0.15) is 0 Å². The van der Waals surface area contributed by atoms with Crippen LogP contribution in [0.2, 0.25) is 0 Å². The van der Waals surface area contributed by atoms with Gasteiger partial charge in [0.25, 0.3) is 0 Å². The predicted molar refractivity (Wildman–Crippen MR) is 79.7 cm³/mol. The fraction of sp³-hybridized carbons (Fsp3) is 1.00. The first-order valence-corrected chi connectivity index (χ1v) is 7.18. The standard InChI is InChI=1S/C14H30O3.Pb.2H/c1-2-3-4-5-6-7-8-9-10-11-17-13-14(16)12-15;;;/h14-16H,2-13H2,1H3;;;. The van der Waals surface area contributed by atoms with Gasteiger partial charge in [0.15, 0.2) is 0 Å². The van der Waals surface area contributed by atoms with Crippen molar-refractivity contribution in [2.75, 3.05) is 19.8 Å². The molecular formula is C14H32O3Pb. The Bertz CT molecular complexity index is 145. The monoisotopic (exact) mass is 456 g/mol. The van der Waals surface area contributed by atoms with Gasteiger partial charge >= 0.3 is 27.3 Å². The van der Waals surface area contributed by atoms with Crippen LogP contribution < -0.4 is 0 Å². The van der Waals surface area contributed by atoms with Crippen LogP contribution in [-0.2, 0) is 4.74 Å². The Labute approximate surface area is 132 Å². The molecule has 1 atom stereocenters. The number of aliphatic hydroxyl groups is 2. The summed E-state index contributed by atoms with van der Waals surface area (Å²) >= 11 is 0. The van der Waals surface area contributed by atoms with Gasteiger partial charge in [-0.3, -0.25) is 0 Å². The van der Waals surface area contributed by atoms with Gasteiger partial charge in [-0.05, 0) is 6.42 Å². The molecule has 0 aromatic carbocycles. The normalized spacial score (nSPS) is 12.2. The average molecular weight is 456 g/mol. The van der Waals surface area contributed by atoms with E-state index < -0.39 is 6.10 Å². The van der Waals surface area contributed by atoms with Crippen LogP contribution in [0.4, 0.5) is 0 Å². The molecule has 4 heteroatoms. The Morgan fingerprint density at radius 2 is 1.39 bits per heavy atom. The molecule has 0 spiro atoms. The first kappa shape index (κ1) is 21.1. The fourth-order valence-electron chi connectivity index (χ4n) is 1.79. The van der Waals surface area contributed by atoms with Crippen LogP contribution in [0.3, 0.4) is 0 Å². The molecule has 0 aliphatic heterocycles. The van der Waals surface area contributed by atoms with E-state index in [1.54, 1.807) is 0 Å². The van der Waals surface area contributed by atoms with E-state index in [0.29, 0.717) is 6.61 Å². The van der Waals surface area contributed by atoms with Crippen LogP contribution in [0.15, 0.2) is 0 Å². The molecule has 0 aliphatic rings. The summed E-state index contributed by atoms with van der Waals surface area (Å²) in [4.78, 5) is 0. The Morgan fingerprint density at radius 1 is 0.889 bits per heavy atom. The summed E-state index contributed by atoms with van der Waals surface area (Å²) in [5.74, 6) is 0. The van der Waals surface area contributed by atoms with Crippen molar-refractivity contribution in [2.45, 2.75) is 70.8 Å². The minimum atomic E-state index is -0.714. The van der Waals surface area contributed by atoms with Crippen molar-refractivity contribution >= 4 is 27.3 Å². The summed E-state index contributed by atoms with van der Waals surface area (Å²) in [6, 6.07) is 0. The minimum absolute atomic E-state index is 0. The predicted octanol–water partition coefficient (Wildman–Crippen LogP) is 1.97. The molecule has 2 N–H and O–H groups in total. The molecule has 1 unspecified atom stereocenters. The van der Waals surface area contributed by atoms with E-state index in [-0.39, 0.29) is 40.5 Å². The van der Waals surface area contributed by atoms with E-state index >= 15 is 0 Å². The number of unbranched alkanes of at least 4 members (excludes halogenated alkanes) is 8. The molecule has 0 amide bonds. The summed E-state index contributed by atoms with van der Waals surface area (Å²) in [7, 11) is 0. The summed E-state index contributed by atoms with van der Waals surface area (Å²) in [5.41, 5.74) is 0. The van der Waals surface area contributed by atoms with Gasteiger partial charge in [-0.1, -0.05) is 58.3 Å². The van der Waals surface area contributed by atoms with Crippen LogP contribution >= 0.6 is 0 Å². The molecule has 18 heavy (non-hydrogen) atoms. The molecule has 3 nitrogen and oxygen atoms in total. The average Bonchev–Trinajstić information content (AvgIpc) is 2.35. The Hall–Kier alpha value is 0.802. The molecule has 0 aromatic rings. The molecule has 0 rings (SSSR count). The fourth-order valence-corrected chi connectivity index (χ4v) is 1.79. The van der Waals surface area contributed by atoms with E-state index in [2.05, 4.69) is 6.92 Å². The van der Waals surface area contributed by atoms with E-state index in [1.807, 2.05) is 0 Å². The van der Waals surface area contributed by atoms with Crippen molar-refractivity contribution in [1.29, 1.82) is 0 Å². The summed E-state index contributed by atoms with van der Waals surface area (Å²) in [6.07, 6.45) is 11.0. The van der Waals surface area contributed by atoms with Crippen LogP contribution in [0.5, 0.6) is 0 Å². The maximum absolute atomic E-state index is 9.03. The van der Waals surface area contributed by atoms with Crippen molar-refractivity contribution in [3.05, 3.63) is 0 Å². The van der Waals surface area contributed by atoms with Gasteiger partial charge in [0.2, 0.25) is 0 Å². The van der Waals surface area contributed by atoms with Crippen molar-refractivity contribution in [2.24, 2.45) is 0 Å². The molecule has 0 saturated heterocycles. The number of aliphatic hydroxyl groups excluding tert-OH is 2. The van der Waals surface area contributed by atoms with E-state index in [4.69, 9.17) is 14.9 Å². The third-order valence-electron chi connectivity index (χ3n) is 2.91. The van der Waals surface area contributed by atoms with E-state index in [1.165, 1.54) is 51.4 Å². The molecule has 110 valence electrons. The number of ether oxygens (including phenoxy) is 1. The second-order valence-corrected chi connectivity index (χ2v) is 4.74. The molecule has 0 fully saturated rings. The first-order valence-electron chi connectivity index (χ1n) is 7.18. The molecule has 0 heterocycles. The number of hydrogen-bond donors (Lipinski definition) is 2. The van der Waals surface area contributed by atoms with E-state index in [9.17, 15) is 0 Å². The van der Waals surface area contributed by atoms with Crippen molar-refractivity contribution in [3.8, 4) is 0 Å². The van der Waals surface area contributed by atoms with Gasteiger partial charge in [0, 0.05) is 6.61 Å². The zero-order chi connectivity index (χ0) is 12.8. The zero-order valence-corrected chi connectivity index (χ0v) is 17.6. The van der Waals surface area contributed by atoms with Crippen LogP contribution in [0.25, 0.3) is 0 Å². The third kappa shape index (κ3) is 16.8. The molecular weight excluding hydrogens is 423 g/mol. The molecule has 0 bridgehead atoms. The van der Waals surface area contributed by atoms with Gasteiger partial charge in [-0.25, -0.2) is 0 Å². The second-order valence-electron chi connectivity index (χ2n) is 4.74. The van der Waals surface area contributed by atoms with Gasteiger partial charge in [-0.15, -0.1) is 0 Å². The SMILES string of the molecule is CCCCCCCCCCCOCC(O)CO.[PbH2]. The zero-order valence-electron chi connectivity index (χ0n) is 12.1. The molecule has 2 radical (unpaired) electrons. The quantitative estimate of drug-likeness (QED) is 0.330. The number of rotatable bonds is 13. The topological polar surface area (TPSA) is 49.7 Å².